The van der Waals surface area contributed by atoms with E-state index in [1.54, 1.807) is 0 Å². The maximum Gasteiger partial charge on any atom is 0.0929 e. The normalized spacial score (nSPS) is 49.7. The quantitative estimate of drug-likeness (QED) is 0.531. The minimum atomic E-state index is -0.176. The van der Waals surface area contributed by atoms with Crippen LogP contribution in [-0.2, 0) is 4.74 Å². The topological polar surface area (TPSA) is 29.5 Å². The molecular formula is C6H10O2S. The Kier molecular flexibility index (Phi) is 1.43. The highest BCUT2D eigenvalue weighted by Crippen LogP contribution is 2.30. The number of hydrogen-bond donors (Lipinski definition) is 1. The number of hydrogen-bond acceptors (Lipinski definition) is 3. The van der Waals surface area contributed by atoms with E-state index in [1.807, 2.05) is 11.8 Å². The van der Waals surface area contributed by atoms with Crippen molar-refractivity contribution in [3.63, 3.8) is 0 Å². The molecule has 2 nitrogen and oxygen atoms in total. The summed E-state index contributed by atoms with van der Waals surface area (Å²) >= 11 is 1.89. The van der Waals surface area contributed by atoms with Crippen molar-refractivity contribution >= 4 is 11.8 Å². The fourth-order valence-electron chi connectivity index (χ4n) is 1.39. The van der Waals surface area contributed by atoms with E-state index in [1.165, 1.54) is 0 Å². The van der Waals surface area contributed by atoms with Crippen molar-refractivity contribution in [1.82, 2.24) is 0 Å². The summed E-state index contributed by atoms with van der Waals surface area (Å²) in [5.74, 6) is 2.06. The van der Waals surface area contributed by atoms with E-state index in [0.29, 0.717) is 6.10 Å². The van der Waals surface area contributed by atoms with Crippen molar-refractivity contribution in [2.45, 2.75) is 24.7 Å². The van der Waals surface area contributed by atoms with Crippen LogP contribution in [0.5, 0.6) is 0 Å². The first-order chi connectivity index (χ1) is 4.36. The van der Waals surface area contributed by atoms with Gasteiger partial charge in [-0.25, -0.2) is 0 Å². The molecule has 3 atom stereocenters. The predicted octanol–water partition coefficient (Wildman–Crippen LogP) is 0.252. The van der Waals surface area contributed by atoms with Gasteiger partial charge in [-0.3, -0.25) is 0 Å². The SMILES string of the molecule is OC1CC2CSCC1O2. The smallest absolute Gasteiger partial charge is 0.0929 e. The second kappa shape index (κ2) is 2.15. The van der Waals surface area contributed by atoms with Crippen molar-refractivity contribution in [1.29, 1.82) is 0 Å². The summed E-state index contributed by atoms with van der Waals surface area (Å²) in [5, 5.41) is 9.26. The van der Waals surface area contributed by atoms with Gasteiger partial charge in [-0.2, -0.15) is 11.8 Å². The van der Waals surface area contributed by atoms with Gasteiger partial charge in [0.25, 0.3) is 0 Å². The van der Waals surface area contributed by atoms with E-state index in [0.717, 1.165) is 17.9 Å². The molecule has 0 aromatic carbocycles. The van der Waals surface area contributed by atoms with Crippen LogP contribution in [0.25, 0.3) is 0 Å². The second-order valence-corrected chi connectivity index (χ2v) is 3.71. The van der Waals surface area contributed by atoms with Gasteiger partial charge in [0.1, 0.15) is 0 Å². The first-order valence-electron chi connectivity index (χ1n) is 3.27. The van der Waals surface area contributed by atoms with Crippen molar-refractivity contribution in [2.75, 3.05) is 11.5 Å². The van der Waals surface area contributed by atoms with Crippen LogP contribution in [0.2, 0.25) is 0 Å². The predicted molar refractivity (Wildman–Crippen MR) is 36.6 cm³/mol. The molecule has 3 unspecified atom stereocenters. The Morgan fingerprint density at radius 2 is 2.33 bits per heavy atom. The van der Waals surface area contributed by atoms with E-state index in [9.17, 15) is 5.11 Å². The molecule has 3 heteroatoms. The summed E-state index contributed by atoms with van der Waals surface area (Å²) in [5.41, 5.74) is 0. The third-order valence-electron chi connectivity index (χ3n) is 1.89. The van der Waals surface area contributed by atoms with E-state index < -0.39 is 0 Å². The molecule has 0 spiro atoms. The van der Waals surface area contributed by atoms with E-state index in [4.69, 9.17) is 4.74 Å². The molecule has 52 valence electrons. The number of aliphatic hydroxyl groups is 1. The van der Waals surface area contributed by atoms with Crippen LogP contribution in [0.4, 0.5) is 0 Å². The van der Waals surface area contributed by atoms with E-state index in [2.05, 4.69) is 0 Å². The van der Waals surface area contributed by atoms with Crippen LogP contribution < -0.4 is 0 Å². The molecule has 2 aliphatic heterocycles. The number of ether oxygens (including phenoxy) is 1. The Bertz CT molecular complexity index is 116. The molecule has 2 saturated heterocycles. The van der Waals surface area contributed by atoms with Gasteiger partial charge in [0.15, 0.2) is 0 Å². The number of aliphatic hydroxyl groups excluding tert-OH is 1. The van der Waals surface area contributed by atoms with Crippen molar-refractivity contribution in [2.24, 2.45) is 0 Å². The lowest BCUT2D eigenvalue weighted by Crippen LogP contribution is -2.26. The van der Waals surface area contributed by atoms with E-state index in [-0.39, 0.29) is 12.2 Å². The lowest BCUT2D eigenvalue weighted by atomic mass is 10.2. The fraction of sp³-hybridized carbons (Fsp3) is 1.00. The highest BCUT2D eigenvalue weighted by molar-refractivity contribution is 7.99. The zero-order chi connectivity index (χ0) is 6.27. The molecule has 2 rings (SSSR count). The Morgan fingerprint density at radius 1 is 1.44 bits per heavy atom. The van der Waals surface area contributed by atoms with Gasteiger partial charge in [-0.05, 0) is 0 Å². The molecule has 2 fully saturated rings. The van der Waals surface area contributed by atoms with Crippen LogP contribution >= 0.6 is 11.8 Å². The van der Waals surface area contributed by atoms with Crippen LogP contribution in [0, 0.1) is 0 Å². The maximum absolute atomic E-state index is 9.26. The first kappa shape index (κ1) is 6.01. The van der Waals surface area contributed by atoms with Crippen LogP contribution in [-0.4, -0.2) is 34.9 Å². The number of fused-ring (bicyclic) bond motifs is 2. The van der Waals surface area contributed by atoms with Crippen LogP contribution in [0.1, 0.15) is 6.42 Å². The average molecular weight is 146 g/mol. The zero-order valence-corrected chi connectivity index (χ0v) is 5.93. The van der Waals surface area contributed by atoms with Crippen molar-refractivity contribution in [3.8, 4) is 0 Å². The van der Waals surface area contributed by atoms with Gasteiger partial charge in [0.2, 0.25) is 0 Å². The third-order valence-corrected chi connectivity index (χ3v) is 3.06. The number of thioether (sulfide) groups is 1. The third kappa shape index (κ3) is 0.974. The standard InChI is InChI=1S/C6H10O2S/c7-5-1-4-2-9-3-6(5)8-4/h4-7H,1-3H2. The summed E-state index contributed by atoms with van der Waals surface area (Å²) in [4.78, 5) is 0. The summed E-state index contributed by atoms with van der Waals surface area (Å²) in [7, 11) is 0. The molecule has 9 heavy (non-hydrogen) atoms. The monoisotopic (exact) mass is 146 g/mol. The highest BCUT2D eigenvalue weighted by Gasteiger charge is 2.36. The summed E-state index contributed by atoms with van der Waals surface area (Å²) in [6.07, 6.45) is 1.18. The Hall–Kier alpha value is 0.270. The summed E-state index contributed by atoms with van der Waals surface area (Å²) < 4.78 is 5.44. The average Bonchev–Trinajstić information content (AvgIpc) is 2.09. The molecule has 0 aromatic rings. The van der Waals surface area contributed by atoms with Gasteiger partial charge < -0.3 is 9.84 Å². The Labute approximate surface area is 58.6 Å². The summed E-state index contributed by atoms with van der Waals surface area (Å²) in [6, 6.07) is 0. The van der Waals surface area contributed by atoms with Crippen molar-refractivity contribution < 1.29 is 9.84 Å². The molecule has 2 bridgehead atoms. The lowest BCUT2D eigenvalue weighted by Gasteiger charge is -2.19. The molecule has 2 heterocycles. The maximum atomic E-state index is 9.26. The van der Waals surface area contributed by atoms with Gasteiger partial charge >= 0.3 is 0 Å². The molecule has 0 amide bonds. The lowest BCUT2D eigenvalue weighted by molar-refractivity contribution is 0.0283. The van der Waals surface area contributed by atoms with E-state index >= 15 is 0 Å². The van der Waals surface area contributed by atoms with Crippen LogP contribution in [0.3, 0.4) is 0 Å². The van der Waals surface area contributed by atoms with Crippen molar-refractivity contribution in [3.05, 3.63) is 0 Å². The van der Waals surface area contributed by atoms with Gasteiger partial charge in [-0.1, -0.05) is 0 Å². The summed E-state index contributed by atoms with van der Waals surface area (Å²) in [6.45, 7) is 0. The minimum absolute atomic E-state index is 0.147. The number of rotatable bonds is 0. The molecule has 0 aliphatic carbocycles. The largest absolute Gasteiger partial charge is 0.390 e. The zero-order valence-electron chi connectivity index (χ0n) is 5.12. The van der Waals surface area contributed by atoms with Crippen LogP contribution in [0.15, 0.2) is 0 Å². The molecule has 0 saturated carbocycles. The molecule has 0 aromatic heterocycles. The highest BCUT2D eigenvalue weighted by atomic mass is 32.2. The second-order valence-electron chi connectivity index (χ2n) is 2.64. The fourth-order valence-corrected chi connectivity index (χ4v) is 2.53. The van der Waals surface area contributed by atoms with Gasteiger partial charge in [0.05, 0.1) is 18.3 Å². The Morgan fingerprint density at radius 3 is 3.00 bits per heavy atom. The van der Waals surface area contributed by atoms with Gasteiger partial charge in [-0.15, -0.1) is 0 Å². The first-order valence-corrected chi connectivity index (χ1v) is 4.43. The minimum Gasteiger partial charge on any atom is -0.390 e. The molecule has 0 radical (unpaired) electrons. The molecular weight excluding hydrogens is 136 g/mol. The molecule has 2 aliphatic rings. The Balaban J connectivity index is 2.07. The van der Waals surface area contributed by atoms with Gasteiger partial charge in [0, 0.05) is 17.9 Å². The molecule has 1 N–H and O–H groups in total.